The summed E-state index contributed by atoms with van der Waals surface area (Å²) in [6, 6.07) is 27.1. The second-order valence-electron chi connectivity index (χ2n) is 19.7. The van der Waals surface area contributed by atoms with Crippen molar-refractivity contribution in [2.75, 3.05) is 0 Å². The maximum Gasteiger partial charge on any atom is 0.346 e. The fourth-order valence-electron chi connectivity index (χ4n) is 10.9. The zero-order chi connectivity index (χ0) is 49.4. The molecule has 7 nitrogen and oxygen atoms in total. The van der Waals surface area contributed by atoms with Crippen LogP contribution in [0.5, 0.6) is 0 Å². The summed E-state index contributed by atoms with van der Waals surface area (Å²) in [6.07, 6.45) is 23.3. The topological polar surface area (TPSA) is 105 Å². The minimum absolute atomic E-state index is 0.250. The van der Waals surface area contributed by atoms with Crippen molar-refractivity contribution in [2.24, 2.45) is 11.8 Å². The Bertz CT molecular complexity index is 3350. The summed E-state index contributed by atoms with van der Waals surface area (Å²) in [5.41, 5.74) is 7.80. The average molecular weight is 1020 g/mol. The van der Waals surface area contributed by atoms with Gasteiger partial charge in [0, 0.05) is 68.4 Å². The van der Waals surface area contributed by atoms with E-state index in [-0.39, 0.29) is 5.57 Å². The molecule has 0 aliphatic carbocycles. The predicted molar refractivity (Wildman–Crippen MR) is 305 cm³/mol. The minimum atomic E-state index is -1.20. The van der Waals surface area contributed by atoms with E-state index in [0.717, 1.165) is 62.2 Å². The van der Waals surface area contributed by atoms with Crippen LogP contribution >= 0.6 is 45.3 Å². The summed E-state index contributed by atoms with van der Waals surface area (Å²) >= 11 is 7.18. The Kier molecular flexibility index (Phi) is 16.9. The third-order valence-electron chi connectivity index (χ3n) is 14.6. The van der Waals surface area contributed by atoms with Crippen LogP contribution in [-0.4, -0.2) is 26.0 Å². The first kappa shape index (κ1) is 50.8. The van der Waals surface area contributed by atoms with Crippen molar-refractivity contribution < 1.29 is 14.5 Å². The lowest BCUT2D eigenvalue weighted by Gasteiger charge is -2.17. The molecule has 2 unspecified atom stereocenters. The zero-order valence-electron chi connectivity index (χ0n) is 42.2. The number of aliphatic carboxylic acids is 1. The summed E-state index contributed by atoms with van der Waals surface area (Å²) in [7, 11) is 0. The quantitative estimate of drug-likeness (QED) is 0.0329. The van der Waals surface area contributed by atoms with E-state index in [4.69, 9.17) is 4.63 Å². The highest BCUT2D eigenvalue weighted by Crippen LogP contribution is 2.51. The van der Waals surface area contributed by atoms with Crippen molar-refractivity contribution in [2.45, 2.75) is 157 Å². The first-order valence-electron chi connectivity index (χ1n) is 26.5. The van der Waals surface area contributed by atoms with Crippen molar-refractivity contribution in [1.82, 2.24) is 14.9 Å². The molecule has 6 aromatic heterocycles. The van der Waals surface area contributed by atoms with Gasteiger partial charge >= 0.3 is 5.97 Å². The van der Waals surface area contributed by atoms with E-state index in [1.807, 2.05) is 28.7 Å². The number of nitrogens with zero attached hydrogens (tertiary/aromatic N) is 4. The number of hydrogen-bond acceptors (Lipinski definition) is 9. The summed E-state index contributed by atoms with van der Waals surface area (Å²) < 4.78 is 10.4. The van der Waals surface area contributed by atoms with Crippen LogP contribution in [0.4, 0.5) is 0 Å². The van der Waals surface area contributed by atoms with Gasteiger partial charge < -0.3 is 9.67 Å². The summed E-state index contributed by atoms with van der Waals surface area (Å²) in [5.74, 6) is -0.0474. The molecular weight excluding hydrogens is 953 g/mol. The summed E-state index contributed by atoms with van der Waals surface area (Å²) in [6.45, 7) is 12.3. The van der Waals surface area contributed by atoms with Crippen LogP contribution in [0.1, 0.15) is 153 Å². The molecule has 1 N–H and O–H groups in total. The molecule has 0 bridgehead atoms. The van der Waals surface area contributed by atoms with E-state index in [1.54, 1.807) is 28.7 Å². The van der Waals surface area contributed by atoms with Crippen LogP contribution in [0.3, 0.4) is 0 Å². The van der Waals surface area contributed by atoms with Gasteiger partial charge in [0.2, 0.25) is 0 Å². The minimum Gasteiger partial charge on any atom is -0.477 e. The van der Waals surface area contributed by atoms with Gasteiger partial charge in [-0.25, -0.2) is 9.42 Å². The number of carboxylic acid groups (broad SMARTS) is 1. The molecule has 0 saturated carbocycles. The fourth-order valence-corrected chi connectivity index (χ4v) is 16.0. The highest BCUT2D eigenvalue weighted by molar-refractivity contribution is 7.33. The molecule has 2 atom stereocenters. The number of aromatic nitrogens is 3. The van der Waals surface area contributed by atoms with Crippen molar-refractivity contribution in [3.63, 3.8) is 0 Å². The Balaban J connectivity index is 1.17. The van der Waals surface area contributed by atoms with Crippen LogP contribution in [0.15, 0.2) is 76.9 Å². The molecule has 0 radical (unpaired) electrons. The highest BCUT2D eigenvalue weighted by atomic mass is 32.1. The Morgan fingerprint density at radius 1 is 0.634 bits per heavy atom. The third kappa shape index (κ3) is 11.0. The van der Waals surface area contributed by atoms with Crippen LogP contribution < -0.4 is 0 Å². The monoisotopic (exact) mass is 1020 g/mol. The SMILES string of the molecule is CCCCCCC(CCCC)Cc1cc(/C=C(\C#N)C(=O)O)sc1-c1cc2c3nonc3c3cc(-c4sc(-c5ccc6c(c5)c5ccccc5n6CC)cc4CC(CCCC)CCCCCC)sc3c2s1. The number of aryl methyl sites for hydroxylation is 1. The molecule has 0 amide bonds. The number of thiophene rings is 4. The van der Waals surface area contributed by atoms with Crippen molar-refractivity contribution in [3.8, 4) is 36.0 Å². The Morgan fingerprint density at radius 2 is 1.20 bits per heavy atom. The van der Waals surface area contributed by atoms with Gasteiger partial charge in [-0.1, -0.05) is 155 Å². The average Bonchev–Trinajstić information content (AvgIpc) is 4.25. The normalized spacial score (nSPS) is 13.2. The number of nitriles is 1. The molecule has 9 aromatic rings. The maximum atomic E-state index is 12.1. The van der Waals surface area contributed by atoms with Gasteiger partial charge in [0.1, 0.15) is 22.7 Å². The number of hydrogen-bond donors (Lipinski definition) is 1. The largest absolute Gasteiger partial charge is 0.477 e. The number of fused-ring (bicyclic) bond motifs is 9. The van der Waals surface area contributed by atoms with Gasteiger partial charge in [-0.2, -0.15) is 5.26 Å². The van der Waals surface area contributed by atoms with E-state index >= 15 is 0 Å². The van der Waals surface area contributed by atoms with E-state index < -0.39 is 5.97 Å². The summed E-state index contributed by atoms with van der Waals surface area (Å²) in [5, 5.41) is 33.5. The van der Waals surface area contributed by atoms with Crippen molar-refractivity contribution in [1.29, 1.82) is 5.26 Å². The van der Waals surface area contributed by atoms with Gasteiger partial charge in [0.05, 0.1) is 9.40 Å². The molecule has 0 spiro atoms. The van der Waals surface area contributed by atoms with E-state index in [1.165, 1.54) is 159 Å². The number of unbranched alkanes of at least 4 members (excludes halogenated alkanes) is 8. The lowest BCUT2D eigenvalue weighted by atomic mass is 9.89. The van der Waals surface area contributed by atoms with Gasteiger partial charge in [0.25, 0.3) is 0 Å². The van der Waals surface area contributed by atoms with Crippen LogP contribution in [0.25, 0.3) is 89.0 Å². The van der Waals surface area contributed by atoms with Gasteiger partial charge in [-0.3, -0.25) is 0 Å². The molecule has 0 saturated heterocycles. The van der Waals surface area contributed by atoms with Crippen LogP contribution in [0.2, 0.25) is 0 Å². The van der Waals surface area contributed by atoms with Crippen LogP contribution in [0, 0.1) is 23.2 Å². The number of carbonyl (C=O) groups is 1. The standard InChI is InChI=1S/C60H68N4O3S4/c1-6-11-15-17-23-38(21-13-8-3)29-41-31-44(32-43(37-61)60(65)66)68-56(41)52-35-47-54-55(63-67-62-54)48-36-53(71-59(48)58(47)70-52)57-42(30-39(22-14-9-4)24-18-16-12-7-2)34-51(69-57)40-27-28-50-46(33-40)45-25-19-20-26-49(45)64(50)10-5/h19-20,25-28,31-36,38-39H,6-18,21-24,29-30H2,1-5H3,(H,65,66)/b43-32+. The second-order valence-corrected chi connectivity index (χ2v) is 24.0. The molecule has 0 fully saturated rings. The van der Waals surface area contributed by atoms with Crippen molar-refractivity contribution >= 4 is 110 Å². The second kappa shape index (κ2) is 23.6. The fraction of sp³-hybridized carbons (Fsp3) is 0.433. The van der Waals surface area contributed by atoms with Crippen LogP contribution in [-0.2, 0) is 24.2 Å². The molecular formula is C60H68N4O3S4. The molecule has 11 heteroatoms. The number of para-hydroxylation sites is 1. The highest BCUT2D eigenvalue weighted by Gasteiger charge is 2.26. The third-order valence-corrected chi connectivity index (χ3v) is 19.8. The van der Waals surface area contributed by atoms with E-state index in [9.17, 15) is 15.2 Å². The van der Waals surface area contributed by atoms with E-state index in [2.05, 4.69) is 116 Å². The zero-order valence-corrected chi connectivity index (χ0v) is 45.5. The summed E-state index contributed by atoms with van der Waals surface area (Å²) in [4.78, 5) is 19.0. The Hall–Kier alpha value is -5.12. The van der Waals surface area contributed by atoms with E-state index in [0.29, 0.717) is 11.8 Å². The van der Waals surface area contributed by atoms with Gasteiger partial charge in [0.15, 0.2) is 0 Å². The smallest absolute Gasteiger partial charge is 0.346 e. The Labute approximate surface area is 435 Å². The lowest BCUT2D eigenvalue weighted by molar-refractivity contribution is -0.132. The van der Waals surface area contributed by atoms with Gasteiger partial charge in [-0.15, -0.1) is 45.3 Å². The molecule has 71 heavy (non-hydrogen) atoms. The molecule has 370 valence electrons. The molecule has 6 heterocycles. The number of carboxylic acids is 1. The lowest BCUT2D eigenvalue weighted by Crippen LogP contribution is -2.05. The predicted octanol–water partition coefficient (Wildman–Crippen LogP) is 19.5. The molecule has 3 aromatic carbocycles. The first-order chi connectivity index (χ1) is 34.8. The van der Waals surface area contributed by atoms with Crippen molar-refractivity contribution in [3.05, 3.63) is 88.3 Å². The number of rotatable bonds is 26. The molecule has 0 aliphatic heterocycles. The number of benzene rings is 3. The Morgan fingerprint density at radius 3 is 1.77 bits per heavy atom. The molecule has 9 rings (SSSR count). The maximum absolute atomic E-state index is 12.1. The molecule has 0 aliphatic rings. The first-order valence-corrected chi connectivity index (χ1v) is 29.8. The van der Waals surface area contributed by atoms with Gasteiger partial charge in [-0.05, 0) is 107 Å².